The van der Waals surface area contributed by atoms with Crippen LogP contribution in [0, 0.1) is 6.92 Å². The molecule has 0 spiro atoms. The largest absolute Gasteiger partial charge is 0.532 e. The molecule has 0 atom stereocenters. The fraction of sp³-hybridized carbons (Fsp3) is 0.667. The Morgan fingerprint density at radius 2 is 1.65 bits per heavy atom. The minimum absolute atomic E-state index is 0.322. The van der Waals surface area contributed by atoms with Crippen molar-refractivity contribution >= 4 is 24.5 Å². The summed E-state index contributed by atoms with van der Waals surface area (Å²) in [7, 11) is -0.403. The van der Waals surface area contributed by atoms with E-state index in [-0.39, 0.29) is 11.2 Å². The maximum atomic E-state index is 5.94. The summed E-state index contributed by atoms with van der Waals surface area (Å²) in [5, 5.41) is 0. The summed E-state index contributed by atoms with van der Waals surface area (Å²) < 4.78 is 17.6. The van der Waals surface area contributed by atoms with E-state index in [0.29, 0.717) is 0 Å². The van der Waals surface area contributed by atoms with Gasteiger partial charge in [0.05, 0.1) is 11.2 Å². The molecule has 0 amide bonds. The Labute approximate surface area is 107 Å². The van der Waals surface area contributed by atoms with Gasteiger partial charge in [-0.15, -0.1) is 11.8 Å². The minimum Gasteiger partial charge on any atom is -0.469 e. The molecule has 0 radical (unpaired) electrons. The first-order chi connectivity index (χ1) is 7.77. The highest BCUT2D eigenvalue weighted by Gasteiger charge is 2.53. The molecule has 2 heterocycles. The second-order valence-electron chi connectivity index (χ2n) is 5.36. The average Bonchev–Trinajstić information content (AvgIpc) is 2.66. The van der Waals surface area contributed by atoms with Crippen molar-refractivity contribution in [2.75, 3.05) is 6.26 Å². The third-order valence-electron chi connectivity index (χ3n) is 3.60. The molecule has 3 nitrogen and oxygen atoms in total. The van der Waals surface area contributed by atoms with Crippen molar-refractivity contribution in [3.05, 3.63) is 11.8 Å². The second-order valence-corrected chi connectivity index (χ2v) is 6.21. The Morgan fingerprint density at radius 3 is 2.06 bits per heavy atom. The zero-order valence-electron chi connectivity index (χ0n) is 11.3. The molecule has 0 aliphatic carbocycles. The van der Waals surface area contributed by atoms with E-state index >= 15 is 0 Å². The molecule has 0 saturated carbocycles. The first kappa shape index (κ1) is 13.1. The first-order valence-corrected chi connectivity index (χ1v) is 6.99. The Hall–Kier alpha value is -0.385. The van der Waals surface area contributed by atoms with Crippen molar-refractivity contribution in [1.82, 2.24) is 0 Å². The van der Waals surface area contributed by atoms with Gasteiger partial charge in [0.25, 0.3) is 0 Å². The predicted molar refractivity (Wildman–Crippen MR) is 70.9 cm³/mol. The van der Waals surface area contributed by atoms with E-state index < -0.39 is 7.12 Å². The summed E-state index contributed by atoms with van der Waals surface area (Å²) in [4.78, 5) is 1.13. The Morgan fingerprint density at radius 1 is 1.12 bits per heavy atom. The van der Waals surface area contributed by atoms with Crippen molar-refractivity contribution in [2.45, 2.75) is 50.7 Å². The number of hydrogen-bond donors (Lipinski definition) is 0. The van der Waals surface area contributed by atoms with Crippen LogP contribution in [0.4, 0.5) is 0 Å². The molecule has 1 saturated heterocycles. The van der Waals surface area contributed by atoms with Gasteiger partial charge in [0, 0.05) is 4.90 Å². The van der Waals surface area contributed by atoms with Gasteiger partial charge < -0.3 is 13.7 Å². The van der Waals surface area contributed by atoms with Gasteiger partial charge in [-0.2, -0.15) is 0 Å². The summed E-state index contributed by atoms with van der Waals surface area (Å²) in [5.74, 6) is 0.919. The second kappa shape index (κ2) is 4.07. The Kier molecular flexibility index (Phi) is 3.13. The van der Waals surface area contributed by atoms with Gasteiger partial charge in [0.1, 0.15) is 11.4 Å². The van der Waals surface area contributed by atoms with E-state index in [1.54, 1.807) is 11.8 Å². The maximum Gasteiger partial charge on any atom is 0.532 e. The van der Waals surface area contributed by atoms with Gasteiger partial charge in [-0.25, -0.2) is 0 Å². The molecule has 17 heavy (non-hydrogen) atoms. The zero-order chi connectivity index (χ0) is 12.8. The third-order valence-corrected chi connectivity index (χ3v) is 4.44. The van der Waals surface area contributed by atoms with Crippen molar-refractivity contribution in [3.63, 3.8) is 0 Å². The van der Waals surface area contributed by atoms with Gasteiger partial charge >= 0.3 is 7.12 Å². The smallest absolute Gasteiger partial charge is 0.469 e. The maximum absolute atomic E-state index is 5.94. The van der Waals surface area contributed by atoms with Crippen molar-refractivity contribution in [1.29, 1.82) is 0 Å². The highest BCUT2D eigenvalue weighted by Crippen LogP contribution is 2.37. The van der Waals surface area contributed by atoms with Crippen LogP contribution in [0.1, 0.15) is 33.5 Å². The summed E-state index contributed by atoms with van der Waals surface area (Å²) in [6.07, 6.45) is 2.03. The molecule has 1 aliphatic heterocycles. The Balaban J connectivity index is 2.26. The number of thioether (sulfide) groups is 1. The molecule has 5 heteroatoms. The molecule has 0 aromatic carbocycles. The summed E-state index contributed by atoms with van der Waals surface area (Å²) in [6.45, 7) is 10.1. The number of aryl methyl sites for hydroxylation is 1. The third kappa shape index (κ3) is 2.16. The molecule has 0 N–H and O–H groups in total. The lowest BCUT2D eigenvalue weighted by Gasteiger charge is -2.32. The average molecular weight is 254 g/mol. The highest BCUT2D eigenvalue weighted by atomic mass is 32.2. The first-order valence-electron chi connectivity index (χ1n) is 5.77. The monoisotopic (exact) mass is 254 g/mol. The van der Waals surface area contributed by atoms with Crippen molar-refractivity contribution in [3.8, 4) is 0 Å². The van der Waals surface area contributed by atoms with Gasteiger partial charge in [-0.05, 0) is 46.9 Å². The number of furan rings is 1. The lowest BCUT2D eigenvalue weighted by Crippen LogP contribution is -2.41. The molecule has 0 bridgehead atoms. The van der Waals surface area contributed by atoms with E-state index in [1.165, 1.54) is 0 Å². The number of hydrogen-bond acceptors (Lipinski definition) is 4. The van der Waals surface area contributed by atoms with Gasteiger partial charge in [0.15, 0.2) is 0 Å². The van der Waals surface area contributed by atoms with E-state index in [2.05, 4.69) is 0 Å². The minimum atomic E-state index is -0.403. The lowest BCUT2D eigenvalue weighted by atomic mass is 9.86. The fourth-order valence-electron chi connectivity index (χ4n) is 1.77. The topological polar surface area (TPSA) is 31.6 Å². The Bertz CT molecular complexity index is 409. The van der Waals surface area contributed by atoms with Gasteiger partial charge in [-0.3, -0.25) is 0 Å². The molecular weight excluding hydrogens is 235 g/mol. The van der Waals surface area contributed by atoms with Crippen LogP contribution in [0.15, 0.2) is 15.4 Å². The standard InChI is InChI=1S/C12H19BO3S/c1-8-9(17-6)7-10(14-8)13-15-11(2,3)12(4,5)16-13/h7H,1-6H3. The molecule has 1 aromatic rings. The van der Waals surface area contributed by atoms with Crippen molar-refractivity contribution < 1.29 is 13.7 Å². The zero-order valence-corrected chi connectivity index (χ0v) is 12.1. The van der Waals surface area contributed by atoms with Crippen LogP contribution < -0.4 is 5.66 Å². The van der Waals surface area contributed by atoms with E-state index in [1.807, 2.05) is 46.9 Å². The van der Waals surface area contributed by atoms with Crippen LogP contribution in [0.5, 0.6) is 0 Å². The van der Waals surface area contributed by atoms with E-state index in [0.717, 1.165) is 16.3 Å². The summed E-state index contributed by atoms with van der Waals surface area (Å²) >= 11 is 1.67. The summed E-state index contributed by atoms with van der Waals surface area (Å²) in [5.41, 5.74) is 0.112. The van der Waals surface area contributed by atoms with Crippen LogP contribution in [0.2, 0.25) is 0 Å². The molecule has 2 rings (SSSR count). The van der Waals surface area contributed by atoms with Gasteiger partial charge in [-0.1, -0.05) is 0 Å². The van der Waals surface area contributed by atoms with Crippen LogP contribution in [0.25, 0.3) is 0 Å². The van der Waals surface area contributed by atoms with Crippen molar-refractivity contribution in [2.24, 2.45) is 0 Å². The van der Waals surface area contributed by atoms with Crippen LogP contribution >= 0.6 is 11.8 Å². The van der Waals surface area contributed by atoms with Crippen LogP contribution in [0.3, 0.4) is 0 Å². The predicted octanol–water partition coefficient (Wildman–Crippen LogP) is 2.61. The number of rotatable bonds is 2. The molecule has 1 aliphatic rings. The SMILES string of the molecule is CSc1cc(B2OC(C)(C)C(C)(C)O2)oc1C. The molecule has 94 valence electrons. The quantitative estimate of drug-likeness (QED) is 0.599. The molecule has 1 aromatic heterocycles. The highest BCUT2D eigenvalue weighted by molar-refractivity contribution is 7.98. The van der Waals surface area contributed by atoms with E-state index in [4.69, 9.17) is 13.7 Å². The fourth-order valence-corrected chi connectivity index (χ4v) is 2.33. The molecular formula is C12H19BO3S. The molecule has 1 fully saturated rings. The van der Waals surface area contributed by atoms with Crippen LogP contribution in [-0.4, -0.2) is 24.6 Å². The molecule has 0 unspecified atom stereocenters. The van der Waals surface area contributed by atoms with Crippen LogP contribution in [-0.2, 0) is 9.31 Å². The normalized spacial score (nSPS) is 22.1. The van der Waals surface area contributed by atoms with Gasteiger partial charge in [0.2, 0.25) is 0 Å². The lowest BCUT2D eigenvalue weighted by molar-refractivity contribution is 0.00578. The van der Waals surface area contributed by atoms with E-state index in [9.17, 15) is 0 Å². The summed E-state index contributed by atoms with van der Waals surface area (Å²) in [6, 6.07) is 2.00.